The van der Waals surface area contributed by atoms with E-state index in [0.717, 1.165) is 71.6 Å². The van der Waals surface area contributed by atoms with Crippen LogP contribution in [0.1, 0.15) is 19.4 Å². The number of guanidine groups is 1. The third-order valence-corrected chi connectivity index (χ3v) is 6.91. The van der Waals surface area contributed by atoms with E-state index in [9.17, 15) is 0 Å². The Morgan fingerprint density at radius 3 is 2.53 bits per heavy atom. The summed E-state index contributed by atoms with van der Waals surface area (Å²) >= 11 is 0. The minimum absolute atomic E-state index is 0. The number of nitrogens with zero attached hydrogens (tertiary/aromatic N) is 4. The first kappa shape index (κ1) is 25.7. The van der Waals surface area contributed by atoms with Gasteiger partial charge < -0.3 is 19.7 Å². The number of fused-ring (bicyclic) bond motifs is 1. The zero-order chi connectivity index (χ0) is 21.6. The molecule has 3 heterocycles. The number of benzene rings is 1. The van der Waals surface area contributed by atoms with E-state index < -0.39 is 0 Å². The number of likely N-dealkylation sites (tertiary alicyclic amines) is 1. The van der Waals surface area contributed by atoms with E-state index in [1.54, 1.807) is 0 Å². The quantitative estimate of drug-likeness (QED) is 0.329. The van der Waals surface area contributed by atoms with Crippen molar-refractivity contribution in [2.24, 2.45) is 10.9 Å². The highest BCUT2D eigenvalue weighted by atomic mass is 127. The number of nitrogens with one attached hydrogen (secondary N) is 1. The van der Waals surface area contributed by atoms with Crippen molar-refractivity contribution in [3.8, 4) is 0 Å². The molecule has 0 amide bonds. The van der Waals surface area contributed by atoms with Gasteiger partial charge in [0.2, 0.25) is 0 Å². The smallest absolute Gasteiger partial charge is 0.193 e. The number of hydrogen-bond acceptors (Lipinski definition) is 5. The molecule has 0 bridgehead atoms. The van der Waals surface area contributed by atoms with Gasteiger partial charge in [-0.2, -0.15) is 0 Å². The molecule has 0 saturated carbocycles. The molecule has 3 aliphatic heterocycles. The molecule has 0 aromatic heterocycles. The van der Waals surface area contributed by atoms with E-state index in [4.69, 9.17) is 9.47 Å². The summed E-state index contributed by atoms with van der Waals surface area (Å²) in [6.07, 6.45) is 0.246. The van der Waals surface area contributed by atoms with Crippen LogP contribution in [-0.2, 0) is 16.0 Å². The second kappa shape index (κ2) is 12.5. The number of aliphatic imine (C=N–C) groups is 1. The monoisotopic (exact) mass is 557 g/mol. The number of ether oxygens (including phenoxy) is 2. The third kappa shape index (κ3) is 6.34. The molecular formula is C24H40IN5O2. The Labute approximate surface area is 210 Å². The van der Waals surface area contributed by atoms with E-state index in [1.807, 2.05) is 7.05 Å². The number of morpholine rings is 2. The first-order valence-corrected chi connectivity index (χ1v) is 11.8. The van der Waals surface area contributed by atoms with Crippen molar-refractivity contribution in [3.05, 3.63) is 35.9 Å². The largest absolute Gasteiger partial charge is 0.379 e. The maximum Gasteiger partial charge on any atom is 0.193 e. The molecule has 3 saturated heterocycles. The van der Waals surface area contributed by atoms with Gasteiger partial charge in [-0.3, -0.25) is 14.8 Å². The Bertz CT molecular complexity index is 714. The predicted molar refractivity (Wildman–Crippen MR) is 140 cm³/mol. The third-order valence-electron chi connectivity index (χ3n) is 6.91. The molecule has 32 heavy (non-hydrogen) atoms. The minimum atomic E-state index is 0. The molecule has 1 aromatic rings. The molecule has 1 N–H and O–H groups in total. The first-order valence-electron chi connectivity index (χ1n) is 11.8. The summed E-state index contributed by atoms with van der Waals surface area (Å²) in [5.41, 5.74) is 1.37. The van der Waals surface area contributed by atoms with Gasteiger partial charge in [-0.25, -0.2) is 0 Å². The van der Waals surface area contributed by atoms with Crippen LogP contribution in [0.5, 0.6) is 0 Å². The Morgan fingerprint density at radius 1 is 1.09 bits per heavy atom. The zero-order valence-corrected chi connectivity index (χ0v) is 22.1. The van der Waals surface area contributed by atoms with Crippen LogP contribution in [0.3, 0.4) is 0 Å². The topological polar surface area (TPSA) is 52.6 Å². The van der Waals surface area contributed by atoms with Gasteiger partial charge >= 0.3 is 0 Å². The van der Waals surface area contributed by atoms with Crippen LogP contribution in [0, 0.1) is 5.92 Å². The number of hydrogen-bond donors (Lipinski definition) is 1. The summed E-state index contributed by atoms with van der Waals surface area (Å²) in [6, 6.07) is 11.7. The summed E-state index contributed by atoms with van der Waals surface area (Å²) in [4.78, 5) is 12.2. The van der Waals surface area contributed by atoms with Gasteiger partial charge in [0.25, 0.3) is 0 Å². The van der Waals surface area contributed by atoms with Crippen LogP contribution >= 0.6 is 24.0 Å². The molecule has 3 fully saturated rings. The number of rotatable bonds is 6. The summed E-state index contributed by atoms with van der Waals surface area (Å²) in [5.74, 6) is 1.58. The Balaban J connectivity index is 0.00000289. The van der Waals surface area contributed by atoms with E-state index in [-0.39, 0.29) is 30.1 Å². The molecule has 8 heteroatoms. The minimum Gasteiger partial charge on any atom is -0.379 e. The highest BCUT2D eigenvalue weighted by Gasteiger charge is 2.41. The zero-order valence-electron chi connectivity index (χ0n) is 19.8. The highest BCUT2D eigenvalue weighted by molar-refractivity contribution is 14.0. The Hall–Kier alpha value is -0.940. The summed E-state index contributed by atoms with van der Waals surface area (Å²) in [7, 11) is 1.89. The molecular weight excluding hydrogens is 517 g/mol. The highest BCUT2D eigenvalue weighted by Crippen LogP contribution is 2.25. The second-order valence-electron chi connectivity index (χ2n) is 9.23. The number of halogens is 1. The molecule has 180 valence electrons. The lowest BCUT2D eigenvalue weighted by Crippen LogP contribution is -2.53. The molecule has 0 spiro atoms. The van der Waals surface area contributed by atoms with Gasteiger partial charge in [0.15, 0.2) is 5.96 Å². The van der Waals surface area contributed by atoms with Gasteiger partial charge in [0.05, 0.1) is 32.0 Å². The first-order chi connectivity index (χ1) is 15.2. The van der Waals surface area contributed by atoms with E-state index >= 15 is 0 Å². The maximum absolute atomic E-state index is 6.17. The fourth-order valence-electron chi connectivity index (χ4n) is 5.17. The van der Waals surface area contributed by atoms with Crippen LogP contribution in [0.15, 0.2) is 35.3 Å². The van der Waals surface area contributed by atoms with E-state index in [2.05, 4.69) is 69.2 Å². The summed E-state index contributed by atoms with van der Waals surface area (Å²) in [5, 5.41) is 3.68. The molecule has 7 nitrogen and oxygen atoms in total. The normalized spacial score (nSPS) is 26.0. The van der Waals surface area contributed by atoms with Crippen molar-refractivity contribution in [2.45, 2.75) is 38.6 Å². The van der Waals surface area contributed by atoms with Gasteiger partial charge in [0, 0.05) is 58.9 Å². The van der Waals surface area contributed by atoms with Crippen molar-refractivity contribution in [3.63, 3.8) is 0 Å². The average molecular weight is 558 g/mol. The van der Waals surface area contributed by atoms with Crippen LogP contribution in [0.4, 0.5) is 0 Å². The van der Waals surface area contributed by atoms with Gasteiger partial charge in [-0.1, -0.05) is 44.2 Å². The van der Waals surface area contributed by atoms with Crippen LogP contribution in [-0.4, -0.2) is 105 Å². The molecule has 0 aliphatic carbocycles. The van der Waals surface area contributed by atoms with E-state index in [1.165, 1.54) is 5.56 Å². The fourth-order valence-corrected chi connectivity index (χ4v) is 5.17. The SMILES string of the molecule is CN=C(NCC(C(C)C)N1CCOCC1)N1CC2OCCN(Cc3ccccc3)C2C1.I. The lowest BCUT2D eigenvalue weighted by atomic mass is 10.0. The van der Waals surface area contributed by atoms with E-state index in [0.29, 0.717) is 18.0 Å². The van der Waals surface area contributed by atoms with Gasteiger partial charge in [-0.15, -0.1) is 24.0 Å². The molecule has 4 rings (SSSR count). The maximum atomic E-state index is 6.17. The van der Waals surface area contributed by atoms with Gasteiger partial charge in [-0.05, 0) is 11.5 Å². The Morgan fingerprint density at radius 2 is 1.84 bits per heavy atom. The molecule has 1 aromatic carbocycles. The van der Waals surface area contributed by atoms with Crippen LogP contribution in [0.2, 0.25) is 0 Å². The molecule has 3 atom stereocenters. The predicted octanol–water partition coefficient (Wildman–Crippen LogP) is 2.12. The van der Waals surface area contributed by atoms with Crippen molar-refractivity contribution in [1.82, 2.24) is 20.0 Å². The lowest BCUT2D eigenvalue weighted by Gasteiger charge is -2.37. The molecule has 3 aliphatic rings. The fraction of sp³-hybridized carbons (Fsp3) is 0.708. The summed E-state index contributed by atoms with van der Waals surface area (Å²) < 4.78 is 11.7. The Kier molecular flexibility index (Phi) is 10.0. The van der Waals surface area contributed by atoms with Gasteiger partial charge in [0.1, 0.15) is 0 Å². The second-order valence-corrected chi connectivity index (χ2v) is 9.23. The van der Waals surface area contributed by atoms with Crippen LogP contribution < -0.4 is 5.32 Å². The molecule has 0 radical (unpaired) electrons. The van der Waals surface area contributed by atoms with Crippen molar-refractivity contribution in [2.75, 3.05) is 66.1 Å². The lowest BCUT2D eigenvalue weighted by molar-refractivity contribution is -0.0502. The molecule has 3 unspecified atom stereocenters. The van der Waals surface area contributed by atoms with Crippen molar-refractivity contribution >= 4 is 29.9 Å². The standard InChI is InChI=1S/C24H39N5O2.HI/c1-19(2)21(27-9-12-30-13-10-27)15-26-24(25-3)29-17-22-23(18-29)31-14-11-28(22)16-20-7-5-4-6-8-20;/h4-8,19,21-23H,9-18H2,1-3H3,(H,25,26);1H. The van der Waals surface area contributed by atoms with Crippen molar-refractivity contribution in [1.29, 1.82) is 0 Å². The van der Waals surface area contributed by atoms with Crippen LogP contribution in [0.25, 0.3) is 0 Å². The van der Waals surface area contributed by atoms with Crippen molar-refractivity contribution < 1.29 is 9.47 Å². The summed E-state index contributed by atoms with van der Waals surface area (Å²) in [6.45, 7) is 13.9. The average Bonchev–Trinajstić information content (AvgIpc) is 3.23.